The van der Waals surface area contributed by atoms with E-state index in [0.29, 0.717) is 18.9 Å². The van der Waals surface area contributed by atoms with Crippen LogP contribution in [0.2, 0.25) is 0 Å². The molecule has 1 N–H and O–H groups in total. The van der Waals surface area contributed by atoms with Crippen molar-refractivity contribution in [3.8, 4) is 5.75 Å². The fraction of sp³-hybridized carbons (Fsp3) is 0.375. The third-order valence-electron chi connectivity index (χ3n) is 3.33. The van der Waals surface area contributed by atoms with Crippen molar-refractivity contribution in [3.05, 3.63) is 53.3 Å². The highest BCUT2D eigenvalue weighted by Gasteiger charge is 2.16. The van der Waals surface area contributed by atoms with Crippen LogP contribution < -0.4 is 9.46 Å². The Bertz CT molecular complexity index is 713. The van der Waals surface area contributed by atoms with Crippen LogP contribution in [0.25, 0.3) is 0 Å². The van der Waals surface area contributed by atoms with E-state index in [1.807, 2.05) is 24.3 Å². The predicted molar refractivity (Wildman–Crippen MR) is 90.9 cm³/mol. The van der Waals surface area contributed by atoms with E-state index in [0.717, 1.165) is 28.9 Å². The number of ether oxygens (including phenoxy) is 2. The van der Waals surface area contributed by atoms with Crippen LogP contribution >= 0.6 is 11.6 Å². The molecule has 0 spiro atoms. The highest BCUT2D eigenvalue weighted by Crippen LogP contribution is 2.23. The Hall–Kier alpha value is -1.50. The molecule has 126 valence electrons. The highest BCUT2D eigenvalue weighted by molar-refractivity contribution is 7.88. The van der Waals surface area contributed by atoms with Gasteiger partial charge in [-0.2, -0.15) is 0 Å². The number of nitrogens with one attached hydrogen (secondary N) is 1. The number of halogens is 1. The lowest BCUT2D eigenvalue weighted by Gasteiger charge is -2.19. The summed E-state index contributed by atoms with van der Waals surface area (Å²) in [5, 5.41) is 0. The third-order valence-corrected chi connectivity index (χ3v) is 4.35. The van der Waals surface area contributed by atoms with E-state index in [-0.39, 0.29) is 6.04 Å². The first kappa shape index (κ1) is 17.8. The molecule has 1 aromatic rings. The number of methoxy groups -OCH3 is 1. The predicted octanol–water partition coefficient (Wildman–Crippen LogP) is 2.71. The van der Waals surface area contributed by atoms with Crippen molar-refractivity contribution >= 4 is 21.6 Å². The van der Waals surface area contributed by atoms with Crippen molar-refractivity contribution in [1.82, 2.24) is 4.72 Å². The van der Waals surface area contributed by atoms with Gasteiger partial charge in [-0.25, -0.2) is 13.1 Å². The van der Waals surface area contributed by atoms with Gasteiger partial charge in [0.05, 0.1) is 25.0 Å². The standard InChI is InChI=1S/C16H20ClNO4S/c1-21-16-8-12(6-7-13(16)10-17)11-22-15-5-3-4-14(9-15)18-23(2,19)20/h3-8,14,18H,9-11H2,1-2H3. The molecular weight excluding hydrogens is 338 g/mol. The molecule has 1 aromatic carbocycles. The lowest BCUT2D eigenvalue weighted by atomic mass is 10.1. The van der Waals surface area contributed by atoms with Gasteiger partial charge >= 0.3 is 0 Å². The lowest BCUT2D eigenvalue weighted by molar-refractivity contribution is 0.185. The van der Waals surface area contributed by atoms with Crippen molar-refractivity contribution in [2.75, 3.05) is 13.4 Å². The summed E-state index contributed by atoms with van der Waals surface area (Å²) in [5.41, 5.74) is 1.88. The van der Waals surface area contributed by atoms with Gasteiger partial charge in [-0.15, -0.1) is 11.6 Å². The highest BCUT2D eigenvalue weighted by atomic mass is 35.5. The van der Waals surface area contributed by atoms with Gasteiger partial charge in [0.25, 0.3) is 0 Å². The number of benzene rings is 1. The summed E-state index contributed by atoms with van der Waals surface area (Å²) in [5.74, 6) is 1.85. The van der Waals surface area contributed by atoms with Gasteiger partial charge in [0.2, 0.25) is 10.0 Å². The number of hydrogen-bond acceptors (Lipinski definition) is 4. The molecule has 5 nitrogen and oxygen atoms in total. The second kappa shape index (κ2) is 7.86. The molecule has 0 heterocycles. The minimum Gasteiger partial charge on any atom is -0.496 e. The number of sulfonamides is 1. The SMILES string of the molecule is COc1cc(COC2=CC=CC(NS(C)(=O)=O)C2)ccc1CCl. The fourth-order valence-corrected chi connectivity index (χ4v) is 3.21. The maximum atomic E-state index is 11.3. The summed E-state index contributed by atoms with van der Waals surface area (Å²) in [4.78, 5) is 0. The lowest BCUT2D eigenvalue weighted by Crippen LogP contribution is -2.33. The van der Waals surface area contributed by atoms with Crippen LogP contribution in [0.3, 0.4) is 0 Å². The molecular formula is C16H20ClNO4S. The van der Waals surface area contributed by atoms with Gasteiger partial charge in [0.1, 0.15) is 12.4 Å². The molecule has 1 unspecified atom stereocenters. The molecule has 1 aliphatic rings. The number of allylic oxidation sites excluding steroid dienone is 2. The Kier molecular flexibility index (Phi) is 6.10. The van der Waals surface area contributed by atoms with E-state index in [1.54, 1.807) is 19.3 Å². The van der Waals surface area contributed by atoms with E-state index in [2.05, 4.69) is 4.72 Å². The summed E-state index contributed by atoms with van der Waals surface area (Å²) in [6.07, 6.45) is 7.06. The first-order chi connectivity index (χ1) is 10.9. The van der Waals surface area contributed by atoms with E-state index in [9.17, 15) is 8.42 Å². The zero-order chi connectivity index (χ0) is 16.9. The van der Waals surface area contributed by atoms with Crippen molar-refractivity contribution in [3.63, 3.8) is 0 Å². The molecule has 0 aliphatic heterocycles. The molecule has 2 rings (SSSR count). The molecule has 0 fully saturated rings. The van der Waals surface area contributed by atoms with Gasteiger partial charge in [-0.05, 0) is 17.7 Å². The molecule has 0 saturated carbocycles. The zero-order valence-corrected chi connectivity index (χ0v) is 14.7. The molecule has 0 aromatic heterocycles. The Balaban J connectivity index is 1.96. The average molecular weight is 358 g/mol. The molecule has 1 atom stereocenters. The molecule has 0 saturated heterocycles. The fourth-order valence-electron chi connectivity index (χ4n) is 2.28. The van der Waals surface area contributed by atoms with Crippen molar-refractivity contribution < 1.29 is 17.9 Å². The Labute approximate surface area is 142 Å². The molecule has 1 aliphatic carbocycles. The maximum absolute atomic E-state index is 11.3. The van der Waals surface area contributed by atoms with Gasteiger partial charge in [-0.1, -0.05) is 24.3 Å². The summed E-state index contributed by atoms with van der Waals surface area (Å²) >= 11 is 5.85. The zero-order valence-electron chi connectivity index (χ0n) is 13.1. The number of rotatable bonds is 7. The second-order valence-electron chi connectivity index (χ2n) is 5.29. The normalized spacial score (nSPS) is 17.7. The van der Waals surface area contributed by atoms with Gasteiger partial charge in [0.15, 0.2) is 0 Å². The minimum absolute atomic E-state index is 0.279. The quantitative estimate of drug-likeness (QED) is 0.762. The van der Waals surface area contributed by atoms with E-state index < -0.39 is 10.0 Å². The first-order valence-corrected chi connectivity index (χ1v) is 9.53. The molecule has 7 heteroatoms. The minimum atomic E-state index is -3.24. The average Bonchev–Trinajstić information content (AvgIpc) is 2.51. The summed E-state index contributed by atoms with van der Waals surface area (Å²) in [6, 6.07) is 5.46. The van der Waals surface area contributed by atoms with Gasteiger partial charge < -0.3 is 9.47 Å². The van der Waals surface area contributed by atoms with Gasteiger partial charge in [-0.3, -0.25) is 0 Å². The van der Waals surface area contributed by atoms with Crippen LogP contribution in [0.4, 0.5) is 0 Å². The van der Waals surface area contributed by atoms with Crippen LogP contribution in [0.1, 0.15) is 17.5 Å². The molecule has 0 amide bonds. The number of hydrogen-bond donors (Lipinski definition) is 1. The van der Waals surface area contributed by atoms with E-state index >= 15 is 0 Å². The Morgan fingerprint density at radius 2 is 2.17 bits per heavy atom. The monoisotopic (exact) mass is 357 g/mol. The summed E-state index contributed by atoms with van der Waals surface area (Å²) in [7, 11) is -1.64. The van der Waals surface area contributed by atoms with Gasteiger partial charge in [0, 0.05) is 18.0 Å². The summed E-state index contributed by atoms with van der Waals surface area (Å²) < 4.78 is 36.2. The van der Waals surface area contributed by atoms with E-state index in [4.69, 9.17) is 21.1 Å². The largest absolute Gasteiger partial charge is 0.496 e. The van der Waals surface area contributed by atoms with Crippen molar-refractivity contribution in [1.29, 1.82) is 0 Å². The number of alkyl halides is 1. The molecule has 0 bridgehead atoms. The van der Waals surface area contributed by atoms with E-state index in [1.165, 1.54) is 0 Å². The van der Waals surface area contributed by atoms with Crippen LogP contribution in [0.15, 0.2) is 42.2 Å². The molecule has 23 heavy (non-hydrogen) atoms. The van der Waals surface area contributed by atoms with Crippen LogP contribution in [0, 0.1) is 0 Å². The Morgan fingerprint density at radius 3 is 2.83 bits per heavy atom. The van der Waals surface area contributed by atoms with Crippen molar-refractivity contribution in [2.45, 2.75) is 24.9 Å². The topological polar surface area (TPSA) is 64.6 Å². The van der Waals surface area contributed by atoms with Crippen LogP contribution in [-0.4, -0.2) is 27.8 Å². The van der Waals surface area contributed by atoms with Crippen LogP contribution in [0.5, 0.6) is 5.75 Å². The smallest absolute Gasteiger partial charge is 0.209 e. The third kappa shape index (κ3) is 5.57. The maximum Gasteiger partial charge on any atom is 0.209 e. The first-order valence-electron chi connectivity index (χ1n) is 7.10. The van der Waals surface area contributed by atoms with Crippen molar-refractivity contribution in [2.24, 2.45) is 0 Å². The molecule has 0 radical (unpaired) electrons. The second-order valence-corrected chi connectivity index (χ2v) is 7.33. The Morgan fingerprint density at radius 1 is 1.39 bits per heavy atom. The summed E-state index contributed by atoms with van der Waals surface area (Å²) in [6.45, 7) is 0.379. The van der Waals surface area contributed by atoms with Crippen LogP contribution in [-0.2, 0) is 27.2 Å².